The van der Waals surface area contributed by atoms with Crippen LogP contribution in [0.15, 0.2) is 36.4 Å². The Hall–Kier alpha value is -3.00. The lowest BCUT2D eigenvalue weighted by atomic mass is 10.1. The van der Waals surface area contributed by atoms with Gasteiger partial charge in [0.1, 0.15) is 5.69 Å². The van der Waals surface area contributed by atoms with Gasteiger partial charge >= 0.3 is 0 Å². The summed E-state index contributed by atoms with van der Waals surface area (Å²) < 4.78 is 0.988. The summed E-state index contributed by atoms with van der Waals surface area (Å²) in [6.45, 7) is 3.57. The molecule has 2 heterocycles. The average Bonchev–Trinajstić information content (AvgIpc) is 3.12. The van der Waals surface area contributed by atoms with E-state index >= 15 is 0 Å². The lowest BCUT2D eigenvalue weighted by Crippen LogP contribution is -2.30. The van der Waals surface area contributed by atoms with Crippen LogP contribution in [0.25, 0.3) is 10.2 Å². The van der Waals surface area contributed by atoms with Crippen molar-refractivity contribution >= 4 is 44.0 Å². The third-order valence-corrected chi connectivity index (χ3v) is 5.91. The van der Waals surface area contributed by atoms with Gasteiger partial charge in [-0.15, -0.1) is 0 Å². The predicted octanol–water partition coefficient (Wildman–Crippen LogP) is 4.76. The van der Waals surface area contributed by atoms with E-state index in [1.165, 1.54) is 17.4 Å². The highest BCUT2D eigenvalue weighted by atomic mass is 32.1. The molecule has 1 aromatic heterocycles. The van der Waals surface area contributed by atoms with Crippen LogP contribution in [0.5, 0.6) is 0 Å². The number of nitrogens with zero attached hydrogens (tertiary/aromatic N) is 3. The second-order valence-electron chi connectivity index (χ2n) is 6.90. The summed E-state index contributed by atoms with van der Waals surface area (Å²) in [5.41, 5.74) is 2.69. The Balaban J connectivity index is 1.60. The van der Waals surface area contributed by atoms with Crippen molar-refractivity contribution in [2.75, 3.05) is 23.3 Å². The molecule has 28 heavy (non-hydrogen) atoms. The van der Waals surface area contributed by atoms with Crippen LogP contribution in [-0.4, -0.2) is 28.9 Å². The molecule has 0 unspecified atom stereocenters. The summed E-state index contributed by atoms with van der Waals surface area (Å²) in [7, 11) is 0. The van der Waals surface area contributed by atoms with E-state index in [0.29, 0.717) is 10.8 Å². The van der Waals surface area contributed by atoms with Gasteiger partial charge in [-0.3, -0.25) is 20.2 Å². The van der Waals surface area contributed by atoms with Crippen LogP contribution < -0.4 is 10.2 Å². The maximum Gasteiger partial charge on any atom is 0.293 e. The van der Waals surface area contributed by atoms with Crippen molar-refractivity contribution in [2.24, 2.45) is 0 Å². The summed E-state index contributed by atoms with van der Waals surface area (Å²) in [5.74, 6) is -0.398. The number of hydrogen-bond donors (Lipinski definition) is 1. The number of benzene rings is 2. The summed E-state index contributed by atoms with van der Waals surface area (Å²) in [4.78, 5) is 30.3. The van der Waals surface area contributed by atoms with E-state index in [0.717, 1.165) is 48.1 Å². The monoisotopic (exact) mass is 396 g/mol. The lowest BCUT2D eigenvalue weighted by Gasteiger charge is -2.28. The first-order valence-corrected chi connectivity index (χ1v) is 10.1. The number of nitro groups is 1. The number of aromatic nitrogens is 1. The Labute approximate surface area is 166 Å². The number of nitro benzene ring substituents is 1. The predicted molar refractivity (Wildman–Crippen MR) is 111 cm³/mol. The molecule has 0 radical (unpaired) electrons. The normalized spacial score (nSPS) is 14.2. The Morgan fingerprint density at radius 1 is 1.21 bits per heavy atom. The van der Waals surface area contributed by atoms with E-state index in [9.17, 15) is 14.9 Å². The van der Waals surface area contributed by atoms with Crippen LogP contribution >= 0.6 is 11.3 Å². The highest BCUT2D eigenvalue weighted by Crippen LogP contribution is 2.32. The van der Waals surface area contributed by atoms with Gasteiger partial charge in [-0.2, -0.15) is 0 Å². The number of anilines is 2. The second-order valence-corrected chi connectivity index (χ2v) is 7.93. The number of fused-ring (bicyclic) bond motifs is 1. The topological polar surface area (TPSA) is 88.4 Å². The number of carbonyl (C=O) groups is 1. The maximum absolute atomic E-state index is 12.7. The number of aryl methyl sites for hydroxylation is 1. The molecule has 0 saturated carbocycles. The molecule has 1 saturated heterocycles. The van der Waals surface area contributed by atoms with E-state index in [1.807, 2.05) is 30.0 Å². The fourth-order valence-corrected chi connectivity index (χ4v) is 4.46. The quantitative estimate of drug-likeness (QED) is 0.507. The van der Waals surface area contributed by atoms with Crippen LogP contribution in [0.1, 0.15) is 35.2 Å². The molecular weight excluding hydrogens is 376 g/mol. The van der Waals surface area contributed by atoms with E-state index in [2.05, 4.69) is 10.3 Å². The zero-order valence-electron chi connectivity index (χ0n) is 15.5. The molecule has 1 amide bonds. The number of carbonyl (C=O) groups excluding carboxylic acids is 1. The number of para-hydroxylation sites is 1. The molecule has 1 aliphatic heterocycles. The molecule has 4 rings (SSSR count). The third kappa shape index (κ3) is 3.55. The van der Waals surface area contributed by atoms with E-state index in [1.54, 1.807) is 12.1 Å². The average molecular weight is 396 g/mol. The minimum Gasteiger partial charge on any atom is -0.366 e. The Morgan fingerprint density at radius 2 is 2.00 bits per heavy atom. The van der Waals surface area contributed by atoms with Crippen molar-refractivity contribution < 1.29 is 9.72 Å². The first-order valence-electron chi connectivity index (χ1n) is 9.24. The largest absolute Gasteiger partial charge is 0.366 e. The van der Waals surface area contributed by atoms with Gasteiger partial charge in [-0.1, -0.05) is 23.5 Å². The fourth-order valence-electron chi connectivity index (χ4n) is 3.52. The Kier molecular flexibility index (Phi) is 4.95. The van der Waals surface area contributed by atoms with Gasteiger partial charge in [0, 0.05) is 24.7 Å². The van der Waals surface area contributed by atoms with Crippen molar-refractivity contribution in [3.05, 3.63) is 57.6 Å². The Morgan fingerprint density at radius 3 is 2.71 bits per heavy atom. The molecule has 0 spiro atoms. The summed E-state index contributed by atoms with van der Waals surface area (Å²) >= 11 is 1.39. The van der Waals surface area contributed by atoms with Gasteiger partial charge < -0.3 is 4.90 Å². The summed E-state index contributed by atoms with van der Waals surface area (Å²) in [5, 5.41) is 14.8. The molecule has 3 aromatic rings. The number of thiazole rings is 1. The minimum absolute atomic E-state index is 0.0327. The first kappa shape index (κ1) is 18.4. The van der Waals surface area contributed by atoms with E-state index in [-0.39, 0.29) is 11.3 Å². The van der Waals surface area contributed by atoms with Crippen LogP contribution in [-0.2, 0) is 0 Å². The van der Waals surface area contributed by atoms with Gasteiger partial charge in [0.25, 0.3) is 11.6 Å². The van der Waals surface area contributed by atoms with E-state index in [4.69, 9.17) is 0 Å². The molecule has 7 nitrogen and oxygen atoms in total. The molecule has 0 atom stereocenters. The SMILES string of the molecule is Cc1cccc2sc(NC(=O)c3ccc(N4CCCCC4)c([N+](=O)[O-])c3)nc12. The van der Waals surface area contributed by atoms with Crippen molar-refractivity contribution in [1.82, 2.24) is 4.98 Å². The fraction of sp³-hybridized carbons (Fsp3) is 0.300. The van der Waals surface area contributed by atoms with Crippen molar-refractivity contribution in [3.8, 4) is 0 Å². The Bertz CT molecular complexity index is 1060. The maximum atomic E-state index is 12.7. The van der Waals surface area contributed by atoms with Crippen molar-refractivity contribution in [3.63, 3.8) is 0 Å². The number of piperidine rings is 1. The summed E-state index contributed by atoms with van der Waals surface area (Å²) in [6.07, 6.45) is 3.19. The van der Waals surface area contributed by atoms with Gasteiger partial charge in [-0.25, -0.2) is 4.98 Å². The molecular formula is C20H20N4O3S. The second kappa shape index (κ2) is 7.55. The minimum atomic E-state index is -0.415. The molecule has 0 aliphatic carbocycles. The van der Waals surface area contributed by atoms with Gasteiger partial charge in [0.05, 0.1) is 15.1 Å². The first-order chi connectivity index (χ1) is 13.5. The van der Waals surface area contributed by atoms with E-state index < -0.39 is 10.8 Å². The molecule has 1 fully saturated rings. The molecule has 2 aromatic carbocycles. The number of nitrogens with one attached hydrogen (secondary N) is 1. The smallest absolute Gasteiger partial charge is 0.293 e. The summed E-state index contributed by atoms with van der Waals surface area (Å²) in [6, 6.07) is 10.6. The molecule has 8 heteroatoms. The van der Waals surface area contributed by atoms with Crippen LogP contribution in [0, 0.1) is 17.0 Å². The molecule has 1 aliphatic rings. The van der Waals surface area contributed by atoms with Gasteiger partial charge in [0.2, 0.25) is 0 Å². The molecule has 1 N–H and O–H groups in total. The molecule has 144 valence electrons. The van der Waals surface area contributed by atoms with Gasteiger partial charge in [0.15, 0.2) is 5.13 Å². The highest BCUT2D eigenvalue weighted by molar-refractivity contribution is 7.22. The van der Waals surface area contributed by atoms with Crippen molar-refractivity contribution in [1.29, 1.82) is 0 Å². The highest BCUT2D eigenvalue weighted by Gasteiger charge is 2.23. The van der Waals surface area contributed by atoms with Crippen LogP contribution in [0.4, 0.5) is 16.5 Å². The lowest BCUT2D eigenvalue weighted by molar-refractivity contribution is -0.384. The van der Waals surface area contributed by atoms with Crippen LogP contribution in [0.2, 0.25) is 0 Å². The third-order valence-electron chi connectivity index (χ3n) is 4.97. The van der Waals surface area contributed by atoms with Crippen LogP contribution in [0.3, 0.4) is 0 Å². The zero-order valence-corrected chi connectivity index (χ0v) is 16.3. The zero-order chi connectivity index (χ0) is 19.7. The number of hydrogen-bond acceptors (Lipinski definition) is 6. The standard InChI is InChI=1S/C20H20N4O3S/c1-13-6-5-7-17-18(13)21-20(28-17)22-19(25)14-8-9-15(16(12-14)24(26)27)23-10-3-2-4-11-23/h5-9,12H,2-4,10-11H2,1H3,(H,21,22,25). The number of amides is 1. The number of rotatable bonds is 4. The molecule has 0 bridgehead atoms. The van der Waals surface area contributed by atoms with Crippen molar-refractivity contribution in [2.45, 2.75) is 26.2 Å². The van der Waals surface area contributed by atoms with Gasteiger partial charge in [-0.05, 0) is 49.9 Å².